The fourth-order valence-electron chi connectivity index (χ4n) is 5.58. The second kappa shape index (κ2) is 10.1. The second-order valence-corrected chi connectivity index (χ2v) is 10.2. The SMILES string of the molecule is CCOC(=O)Cc1ccc(C)cc1OCC1C2C=c3c(ccn3C(C)C)=C(c3ccnc(CN)c3F)[C@@H]21. The molecule has 2 unspecified atom stereocenters. The molecule has 0 saturated heterocycles. The van der Waals surface area contributed by atoms with Gasteiger partial charge in [0, 0.05) is 52.6 Å². The molecular weight excluding hydrogens is 469 g/mol. The molecule has 1 aromatic carbocycles. The number of hydrogen-bond donors (Lipinski definition) is 1. The van der Waals surface area contributed by atoms with Crippen LogP contribution in [-0.2, 0) is 22.5 Å². The van der Waals surface area contributed by atoms with E-state index < -0.39 is 0 Å². The smallest absolute Gasteiger partial charge is 0.310 e. The van der Waals surface area contributed by atoms with Crippen molar-refractivity contribution < 1.29 is 18.7 Å². The molecule has 37 heavy (non-hydrogen) atoms. The minimum Gasteiger partial charge on any atom is -0.493 e. The number of ether oxygens (including phenoxy) is 2. The van der Waals surface area contributed by atoms with Crippen molar-refractivity contribution in [1.82, 2.24) is 9.55 Å². The number of pyridine rings is 1. The van der Waals surface area contributed by atoms with Gasteiger partial charge in [0.25, 0.3) is 0 Å². The molecule has 2 heterocycles. The summed E-state index contributed by atoms with van der Waals surface area (Å²) in [7, 11) is 0. The van der Waals surface area contributed by atoms with Crippen molar-refractivity contribution in [2.45, 2.75) is 46.7 Å². The highest BCUT2D eigenvalue weighted by atomic mass is 19.1. The van der Waals surface area contributed by atoms with E-state index in [0.717, 1.165) is 27.3 Å². The van der Waals surface area contributed by atoms with Crippen LogP contribution in [0.4, 0.5) is 4.39 Å². The molecule has 1 saturated carbocycles. The van der Waals surface area contributed by atoms with E-state index in [-0.39, 0.29) is 54.2 Å². The highest BCUT2D eigenvalue weighted by Crippen LogP contribution is 2.55. The molecule has 3 atom stereocenters. The number of nitrogens with two attached hydrogens (primary N) is 1. The first kappa shape index (κ1) is 25.2. The Morgan fingerprint density at radius 3 is 2.78 bits per heavy atom. The number of halogens is 1. The second-order valence-electron chi connectivity index (χ2n) is 10.2. The van der Waals surface area contributed by atoms with Crippen molar-refractivity contribution in [3.05, 3.63) is 81.5 Å². The number of carbonyl (C=O) groups is 1. The zero-order valence-electron chi connectivity index (χ0n) is 21.8. The quantitative estimate of drug-likeness (QED) is 0.453. The molecule has 0 spiro atoms. The van der Waals surface area contributed by atoms with Gasteiger partial charge in [-0.25, -0.2) is 4.39 Å². The summed E-state index contributed by atoms with van der Waals surface area (Å²) in [4.78, 5) is 16.3. The minimum atomic E-state index is -0.342. The standard InChI is InChI=1S/C30H34FN3O3/c1-5-36-27(35)13-19-7-6-18(4)12-26(19)37-16-23-22-14-25-20(9-11-34(25)17(2)3)28(29(22)23)21-8-10-33-24(15-32)30(21)31/h6-12,14,17,22-23,29H,5,13,15-16,32H2,1-4H3/t22?,23?,29-/m0/s1. The van der Waals surface area contributed by atoms with Crippen LogP contribution in [0.2, 0.25) is 0 Å². The number of aryl methyl sites for hydroxylation is 1. The Morgan fingerprint density at radius 1 is 1.24 bits per heavy atom. The Hall–Kier alpha value is -3.45. The lowest BCUT2D eigenvalue weighted by Crippen LogP contribution is -2.35. The van der Waals surface area contributed by atoms with Crippen molar-refractivity contribution in [2.75, 3.05) is 13.2 Å². The van der Waals surface area contributed by atoms with Gasteiger partial charge in [0.15, 0.2) is 5.82 Å². The molecule has 0 radical (unpaired) electrons. The average molecular weight is 504 g/mol. The normalized spacial score (nSPS) is 19.8. The van der Waals surface area contributed by atoms with Gasteiger partial charge in [0.2, 0.25) is 0 Å². The average Bonchev–Trinajstić information content (AvgIpc) is 3.38. The Balaban J connectivity index is 1.48. The maximum Gasteiger partial charge on any atom is 0.310 e. The van der Waals surface area contributed by atoms with Gasteiger partial charge in [-0.2, -0.15) is 0 Å². The van der Waals surface area contributed by atoms with E-state index in [1.165, 1.54) is 0 Å². The van der Waals surface area contributed by atoms with Gasteiger partial charge in [0.05, 0.1) is 25.3 Å². The fraction of sp³-hybridized carbons (Fsp3) is 0.400. The molecule has 0 aliphatic heterocycles. The number of nitrogens with zero attached hydrogens (tertiary/aromatic N) is 2. The van der Waals surface area contributed by atoms with Gasteiger partial charge < -0.3 is 19.8 Å². The molecule has 2 aliphatic rings. The van der Waals surface area contributed by atoms with E-state index in [9.17, 15) is 4.79 Å². The van der Waals surface area contributed by atoms with Crippen molar-refractivity contribution in [3.63, 3.8) is 0 Å². The van der Waals surface area contributed by atoms with Crippen molar-refractivity contribution in [2.24, 2.45) is 23.5 Å². The molecule has 0 bridgehead atoms. The highest BCUT2D eigenvalue weighted by molar-refractivity contribution is 5.75. The lowest BCUT2D eigenvalue weighted by Gasteiger charge is -2.15. The molecule has 2 N–H and O–H groups in total. The molecular formula is C30H34FN3O3. The van der Waals surface area contributed by atoms with Crippen molar-refractivity contribution in [1.29, 1.82) is 0 Å². The minimum absolute atomic E-state index is 0.0518. The Kier molecular flexibility index (Phi) is 6.90. The number of fused-ring (bicyclic) bond motifs is 2. The Bertz CT molecular complexity index is 1460. The van der Waals surface area contributed by atoms with Gasteiger partial charge in [0.1, 0.15) is 5.75 Å². The van der Waals surface area contributed by atoms with E-state index >= 15 is 4.39 Å². The van der Waals surface area contributed by atoms with E-state index in [4.69, 9.17) is 15.2 Å². The molecule has 194 valence electrons. The Labute approximate surface area is 216 Å². The van der Waals surface area contributed by atoms with Crippen LogP contribution in [0.3, 0.4) is 0 Å². The van der Waals surface area contributed by atoms with Crippen LogP contribution < -0.4 is 21.0 Å². The summed E-state index contributed by atoms with van der Waals surface area (Å²) in [5.74, 6) is 0.644. The van der Waals surface area contributed by atoms with Crippen LogP contribution in [0.1, 0.15) is 49.2 Å². The van der Waals surface area contributed by atoms with Gasteiger partial charge >= 0.3 is 5.97 Å². The summed E-state index contributed by atoms with van der Waals surface area (Å²) in [5, 5.41) is 2.18. The maximum atomic E-state index is 15.5. The zero-order chi connectivity index (χ0) is 26.3. The van der Waals surface area contributed by atoms with Crippen LogP contribution in [0.25, 0.3) is 11.6 Å². The summed E-state index contributed by atoms with van der Waals surface area (Å²) in [5.41, 5.74) is 9.49. The maximum absolute atomic E-state index is 15.5. The zero-order valence-corrected chi connectivity index (χ0v) is 21.8. The summed E-state index contributed by atoms with van der Waals surface area (Å²) < 4.78 is 29.2. The van der Waals surface area contributed by atoms with Crippen LogP contribution in [0.15, 0.2) is 42.7 Å². The molecule has 0 amide bonds. The van der Waals surface area contributed by atoms with E-state index in [2.05, 4.69) is 41.7 Å². The third kappa shape index (κ3) is 4.68. The molecule has 2 aliphatic carbocycles. The molecule has 7 heteroatoms. The summed E-state index contributed by atoms with van der Waals surface area (Å²) in [6.45, 7) is 8.96. The molecule has 2 aromatic heterocycles. The van der Waals surface area contributed by atoms with Gasteiger partial charge in [-0.05, 0) is 68.9 Å². The monoisotopic (exact) mass is 503 g/mol. The van der Waals surface area contributed by atoms with E-state index in [0.29, 0.717) is 24.5 Å². The summed E-state index contributed by atoms with van der Waals surface area (Å²) >= 11 is 0. The topological polar surface area (TPSA) is 79.4 Å². The first-order valence-corrected chi connectivity index (χ1v) is 13.0. The third-order valence-corrected chi connectivity index (χ3v) is 7.45. The number of aromatic nitrogens is 2. The van der Waals surface area contributed by atoms with Crippen molar-refractivity contribution in [3.8, 4) is 5.75 Å². The largest absolute Gasteiger partial charge is 0.493 e. The van der Waals surface area contributed by atoms with Crippen LogP contribution in [0.5, 0.6) is 5.75 Å². The lowest BCUT2D eigenvalue weighted by atomic mass is 9.94. The Morgan fingerprint density at radius 2 is 2.05 bits per heavy atom. The van der Waals surface area contributed by atoms with Crippen LogP contribution in [-0.4, -0.2) is 28.7 Å². The lowest BCUT2D eigenvalue weighted by molar-refractivity contribution is -0.142. The van der Waals surface area contributed by atoms with Crippen LogP contribution >= 0.6 is 0 Å². The van der Waals surface area contributed by atoms with Crippen molar-refractivity contribution >= 4 is 17.6 Å². The number of rotatable bonds is 9. The predicted octanol–water partition coefficient (Wildman–Crippen LogP) is 3.41. The van der Waals surface area contributed by atoms with Gasteiger partial charge in [-0.3, -0.25) is 9.78 Å². The number of benzene rings is 1. The van der Waals surface area contributed by atoms with Crippen LogP contribution in [0, 0.1) is 30.5 Å². The number of hydrogen-bond acceptors (Lipinski definition) is 5. The molecule has 5 rings (SSSR count). The first-order valence-electron chi connectivity index (χ1n) is 13.0. The van der Waals surface area contributed by atoms with Gasteiger partial charge in [-0.1, -0.05) is 18.2 Å². The van der Waals surface area contributed by atoms with E-state index in [1.807, 2.05) is 25.1 Å². The van der Waals surface area contributed by atoms with Gasteiger partial charge in [-0.15, -0.1) is 0 Å². The first-order chi connectivity index (χ1) is 17.8. The number of esters is 1. The molecule has 6 nitrogen and oxygen atoms in total. The fourth-order valence-corrected chi connectivity index (χ4v) is 5.58. The highest BCUT2D eigenvalue weighted by Gasteiger charge is 2.53. The number of carbonyl (C=O) groups excluding carboxylic acids is 1. The third-order valence-electron chi connectivity index (χ3n) is 7.45. The van der Waals surface area contributed by atoms with E-state index in [1.54, 1.807) is 19.2 Å². The molecule has 1 fully saturated rings. The summed E-state index contributed by atoms with van der Waals surface area (Å²) in [6.07, 6.45) is 6.20. The predicted molar refractivity (Wildman–Crippen MR) is 141 cm³/mol. The summed E-state index contributed by atoms with van der Waals surface area (Å²) in [6, 6.07) is 10.00. The molecule has 3 aromatic rings.